The number of fused-ring (bicyclic) bond motifs is 3. The van der Waals surface area contributed by atoms with Crippen LogP contribution in [0.3, 0.4) is 0 Å². The Labute approximate surface area is 250 Å². The zero-order valence-corrected chi connectivity index (χ0v) is 25.1. The molecule has 42 heavy (non-hydrogen) atoms. The lowest BCUT2D eigenvalue weighted by Crippen LogP contribution is -2.65. The van der Waals surface area contributed by atoms with Crippen LogP contribution >= 0.6 is 0 Å². The predicted molar refractivity (Wildman–Crippen MR) is 162 cm³/mol. The molecule has 6 rings (SSSR count). The van der Waals surface area contributed by atoms with Gasteiger partial charge in [-0.2, -0.15) is 0 Å². The number of hydrogen-bond acceptors (Lipinski definition) is 6. The molecule has 0 aliphatic heterocycles. The van der Waals surface area contributed by atoms with E-state index in [-0.39, 0.29) is 35.4 Å². The molecule has 232 valence electrons. The summed E-state index contributed by atoms with van der Waals surface area (Å²) in [6.07, 6.45) is 15.9. The first-order valence-electron chi connectivity index (χ1n) is 16.6. The normalized spacial score (nSPS) is 47.7. The lowest BCUT2D eigenvalue weighted by atomic mass is 9.46. The lowest BCUT2D eigenvalue weighted by molar-refractivity contribution is -0.186. The Kier molecular flexibility index (Phi) is 8.71. The summed E-state index contributed by atoms with van der Waals surface area (Å²) in [6.45, 7) is 8.21. The fourth-order valence-electron chi connectivity index (χ4n) is 10.2. The molecule has 12 unspecified atom stereocenters. The molecule has 0 aromatic heterocycles. The molecule has 6 aliphatic carbocycles. The second kappa shape index (κ2) is 12.0. The zero-order chi connectivity index (χ0) is 29.8. The average Bonchev–Trinajstić information content (AvgIpc) is 2.95. The minimum absolute atomic E-state index is 0.0452. The fraction of sp³-hybridized carbons (Fsp3) is 0.743. The number of halogens is 1. The van der Waals surface area contributed by atoms with Gasteiger partial charge in [0.15, 0.2) is 5.78 Å². The number of rotatable bonds is 6. The highest BCUT2D eigenvalue weighted by atomic mass is 19.1. The number of carbonyl (C=O) groups is 1. The van der Waals surface area contributed by atoms with Gasteiger partial charge in [-0.3, -0.25) is 4.79 Å². The summed E-state index contributed by atoms with van der Waals surface area (Å²) >= 11 is 0. The van der Waals surface area contributed by atoms with E-state index in [9.17, 15) is 24.5 Å². The summed E-state index contributed by atoms with van der Waals surface area (Å²) in [6, 6.07) is 0. The Morgan fingerprint density at radius 2 is 1.93 bits per heavy atom. The van der Waals surface area contributed by atoms with Crippen molar-refractivity contribution in [1.82, 2.24) is 5.32 Å². The van der Waals surface area contributed by atoms with Crippen LogP contribution in [-0.4, -0.2) is 58.3 Å². The summed E-state index contributed by atoms with van der Waals surface area (Å²) in [5.74, 6) is 0.178. The first-order chi connectivity index (χ1) is 20.1. The molecule has 0 heterocycles. The highest BCUT2D eigenvalue weighted by molar-refractivity contribution is 5.91. The third kappa shape index (κ3) is 5.32. The van der Waals surface area contributed by atoms with E-state index < -0.39 is 30.0 Å². The number of allylic oxidation sites excluding steroid dienone is 3. The Bertz CT molecular complexity index is 1130. The smallest absolute Gasteiger partial charge is 0.171 e. The van der Waals surface area contributed by atoms with Crippen molar-refractivity contribution in [2.45, 2.75) is 88.8 Å². The fourth-order valence-corrected chi connectivity index (χ4v) is 10.2. The van der Waals surface area contributed by atoms with Crippen LogP contribution < -0.4 is 11.1 Å². The van der Waals surface area contributed by atoms with Crippen molar-refractivity contribution >= 4 is 5.78 Å². The minimum Gasteiger partial charge on any atom is -0.388 e. The third-order valence-electron chi connectivity index (χ3n) is 12.4. The molecule has 14 atom stereocenters. The van der Waals surface area contributed by atoms with E-state index >= 15 is 0 Å². The molecule has 0 radical (unpaired) electrons. The van der Waals surface area contributed by atoms with Crippen molar-refractivity contribution in [1.29, 1.82) is 0 Å². The van der Waals surface area contributed by atoms with E-state index in [1.807, 2.05) is 13.0 Å². The van der Waals surface area contributed by atoms with E-state index in [0.29, 0.717) is 42.9 Å². The van der Waals surface area contributed by atoms with Crippen molar-refractivity contribution in [2.75, 3.05) is 13.1 Å². The van der Waals surface area contributed by atoms with Gasteiger partial charge in [-0.25, -0.2) is 4.39 Å². The molecule has 6 aliphatic rings. The molecule has 7 heteroatoms. The quantitative estimate of drug-likeness (QED) is 0.237. The van der Waals surface area contributed by atoms with Crippen LogP contribution in [0.5, 0.6) is 0 Å². The van der Waals surface area contributed by atoms with Gasteiger partial charge in [0.05, 0.1) is 12.0 Å². The van der Waals surface area contributed by atoms with Crippen molar-refractivity contribution in [3.05, 3.63) is 48.1 Å². The van der Waals surface area contributed by atoms with Crippen molar-refractivity contribution in [3.63, 3.8) is 0 Å². The number of aliphatic hydroxyl groups excluding tert-OH is 2. The number of hydrogen-bond donors (Lipinski definition) is 5. The van der Waals surface area contributed by atoms with Gasteiger partial charge in [-0.15, -0.1) is 0 Å². The Morgan fingerprint density at radius 3 is 2.64 bits per heavy atom. The molecule has 0 aromatic carbocycles. The Morgan fingerprint density at radius 1 is 1.12 bits per heavy atom. The van der Waals surface area contributed by atoms with Gasteiger partial charge >= 0.3 is 0 Å². The van der Waals surface area contributed by atoms with E-state index in [0.717, 1.165) is 57.2 Å². The summed E-state index contributed by atoms with van der Waals surface area (Å²) < 4.78 is 13.7. The van der Waals surface area contributed by atoms with Crippen molar-refractivity contribution < 1.29 is 24.5 Å². The van der Waals surface area contributed by atoms with Gasteiger partial charge in [0, 0.05) is 19.0 Å². The summed E-state index contributed by atoms with van der Waals surface area (Å²) in [5.41, 5.74) is 6.42. The maximum atomic E-state index is 13.7. The van der Waals surface area contributed by atoms with Gasteiger partial charge in [0.2, 0.25) is 0 Å². The molecule has 0 amide bonds. The van der Waals surface area contributed by atoms with E-state index in [1.165, 1.54) is 5.57 Å². The van der Waals surface area contributed by atoms with Crippen LogP contribution in [0, 0.1) is 59.2 Å². The highest BCUT2D eigenvalue weighted by Crippen LogP contribution is 2.61. The van der Waals surface area contributed by atoms with Crippen LogP contribution in [0.15, 0.2) is 48.1 Å². The largest absolute Gasteiger partial charge is 0.388 e. The summed E-state index contributed by atoms with van der Waals surface area (Å²) in [4.78, 5) is 13.5. The number of nitrogens with two attached hydrogens (primary N) is 1. The van der Waals surface area contributed by atoms with Crippen LogP contribution in [0.1, 0.15) is 64.7 Å². The molecule has 0 spiro atoms. The van der Waals surface area contributed by atoms with Crippen LogP contribution in [0.4, 0.5) is 4.39 Å². The monoisotopic (exact) mass is 582 g/mol. The number of Topliss-reactive ketones (excluding diaryl/α,β-unsaturated/α-hetero) is 1. The topological polar surface area (TPSA) is 116 Å². The first kappa shape index (κ1) is 30.4. The molecule has 3 saturated carbocycles. The van der Waals surface area contributed by atoms with E-state index in [1.54, 1.807) is 6.08 Å². The summed E-state index contributed by atoms with van der Waals surface area (Å²) in [7, 11) is 0. The second-order valence-corrected chi connectivity index (χ2v) is 14.6. The average molecular weight is 583 g/mol. The van der Waals surface area contributed by atoms with Gasteiger partial charge in [0.25, 0.3) is 0 Å². The zero-order valence-electron chi connectivity index (χ0n) is 25.1. The Hall–Kier alpha value is -1.64. The molecule has 0 saturated heterocycles. The molecule has 0 bridgehead atoms. The number of aliphatic hydroxyl groups is 3. The predicted octanol–water partition coefficient (Wildman–Crippen LogP) is 4.22. The van der Waals surface area contributed by atoms with E-state index in [4.69, 9.17) is 5.73 Å². The van der Waals surface area contributed by atoms with Crippen LogP contribution in [-0.2, 0) is 4.79 Å². The maximum Gasteiger partial charge on any atom is 0.171 e. The standard InChI is InChI=1S/C35H51FN2O4/c1-19-31-20(2)35(42)25(10-11-28(33(35)40)34(37)41)15-24(31)16-29-27(12-13-30(39)32(19)29)23-8-6-21(7-9-23)17-38-18-22-4-3-5-26(36)14-22/h6,8,12-14,20-21,23-32,34,38-39,41-42H,1,3-5,7,9-11,15-18,37H2,2H3/t20-,21?,23?,24?,25?,26?,27?,28?,29?,30?,31?,32?,34?,35+/m0/s1. The maximum absolute atomic E-state index is 13.7. The van der Waals surface area contributed by atoms with Gasteiger partial charge in [-0.05, 0) is 105 Å². The van der Waals surface area contributed by atoms with Gasteiger partial charge in [-0.1, -0.05) is 55.0 Å². The first-order valence-corrected chi connectivity index (χ1v) is 16.6. The minimum atomic E-state index is -1.51. The van der Waals surface area contributed by atoms with Crippen LogP contribution in [0.2, 0.25) is 0 Å². The molecule has 6 N–H and O–H groups in total. The third-order valence-corrected chi connectivity index (χ3v) is 12.4. The van der Waals surface area contributed by atoms with Crippen LogP contribution in [0.25, 0.3) is 0 Å². The molecular formula is C35H51FN2O4. The van der Waals surface area contributed by atoms with Crippen molar-refractivity contribution in [3.8, 4) is 0 Å². The lowest BCUT2D eigenvalue weighted by Gasteiger charge is -2.60. The van der Waals surface area contributed by atoms with E-state index in [2.05, 4.69) is 30.1 Å². The SMILES string of the molecule is C=C1C2C(O)C=CC(C3C=CC(CNCC4=CC(F)CCC4)CC3)C2CC2CC3CCC(C(N)O)C(=O)[C@@]3(O)[C@@H](C)C12. The highest BCUT2D eigenvalue weighted by Gasteiger charge is 2.62. The van der Waals surface area contributed by atoms with Crippen molar-refractivity contribution in [2.24, 2.45) is 64.9 Å². The molecular weight excluding hydrogens is 531 g/mol. The molecule has 0 aromatic rings. The number of nitrogens with one attached hydrogen (secondary N) is 1. The van der Waals surface area contributed by atoms with Gasteiger partial charge < -0.3 is 26.4 Å². The van der Waals surface area contributed by atoms with Gasteiger partial charge in [0.1, 0.15) is 18.0 Å². The number of alkyl halides is 1. The number of ketones is 1. The Balaban J connectivity index is 1.14. The number of carbonyl (C=O) groups excluding carboxylic acids is 1. The molecule has 6 nitrogen and oxygen atoms in total. The summed E-state index contributed by atoms with van der Waals surface area (Å²) in [5, 5.41) is 36.7. The second-order valence-electron chi connectivity index (χ2n) is 14.6. The molecule has 3 fully saturated rings.